The fourth-order valence-corrected chi connectivity index (χ4v) is 1.33. The van der Waals surface area contributed by atoms with Crippen molar-refractivity contribution in [1.82, 2.24) is 15.0 Å². The van der Waals surface area contributed by atoms with Gasteiger partial charge in [-0.2, -0.15) is 0 Å². The Hall–Kier alpha value is -1.38. The van der Waals surface area contributed by atoms with Crippen molar-refractivity contribution in [2.24, 2.45) is 5.73 Å². The minimum Gasteiger partial charge on any atom is -0.320 e. The Kier molecular flexibility index (Phi) is 11.1. The number of pyridine rings is 1. The topological polar surface area (TPSA) is 64.7 Å². The first-order valence-corrected chi connectivity index (χ1v) is 4.80. The van der Waals surface area contributed by atoms with E-state index in [9.17, 15) is 0 Å². The van der Waals surface area contributed by atoms with Gasteiger partial charge in [-0.3, -0.25) is 4.98 Å². The van der Waals surface area contributed by atoms with Gasteiger partial charge in [0.15, 0.2) is 0 Å². The molecule has 0 unspecified atom stereocenters. The zero-order valence-electron chi connectivity index (χ0n) is 9.81. The summed E-state index contributed by atoms with van der Waals surface area (Å²) in [4.78, 5) is 12.0. The van der Waals surface area contributed by atoms with Crippen LogP contribution in [0, 0.1) is 11.8 Å². The van der Waals surface area contributed by atoms with Crippen LogP contribution < -0.4 is 5.73 Å². The van der Waals surface area contributed by atoms with Crippen LogP contribution in [0.1, 0.15) is 5.56 Å². The summed E-state index contributed by atoms with van der Waals surface area (Å²) < 4.78 is 0. The Morgan fingerprint density at radius 3 is 2.32 bits per heavy atom. The largest absolute Gasteiger partial charge is 0.320 e. The molecule has 0 aromatic carbocycles. The predicted octanol–water partition coefficient (Wildman–Crippen LogP) is 2.11. The molecule has 102 valence electrons. The minimum atomic E-state index is 0. The van der Waals surface area contributed by atoms with Crippen molar-refractivity contribution in [2.75, 3.05) is 6.54 Å². The Morgan fingerprint density at radius 1 is 1.00 bits per heavy atom. The molecular weight excluding hydrogens is 307 g/mol. The zero-order chi connectivity index (χ0) is 11.2. The number of rotatable bonds is 1. The van der Waals surface area contributed by atoms with Gasteiger partial charge < -0.3 is 5.73 Å². The van der Waals surface area contributed by atoms with Gasteiger partial charge in [0.2, 0.25) is 0 Å². The summed E-state index contributed by atoms with van der Waals surface area (Å²) in [7, 11) is 0. The van der Waals surface area contributed by atoms with E-state index >= 15 is 0 Å². The van der Waals surface area contributed by atoms with E-state index in [1.54, 1.807) is 24.8 Å². The molecule has 0 spiro atoms. The van der Waals surface area contributed by atoms with Crippen LogP contribution in [0.4, 0.5) is 0 Å². The molecule has 0 saturated carbocycles. The Bertz CT molecular complexity index is 537. The third-order valence-electron chi connectivity index (χ3n) is 2.02. The molecule has 0 aliphatic carbocycles. The van der Waals surface area contributed by atoms with Crippen LogP contribution in [0.15, 0.2) is 37.2 Å². The quantitative estimate of drug-likeness (QED) is 0.818. The van der Waals surface area contributed by atoms with E-state index in [0.717, 1.165) is 16.7 Å². The van der Waals surface area contributed by atoms with Gasteiger partial charge >= 0.3 is 0 Å². The molecular formula is C12H13Cl3N4. The molecule has 2 N–H and O–H groups in total. The van der Waals surface area contributed by atoms with E-state index in [1.165, 1.54) is 6.33 Å². The molecule has 0 atom stereocenters. The first kappa shape index (κ1) is 19.9. The highest BCUT2D eigenvalue weighted by Crippen LogP contribution is 2.19. The number of hydrogen-bond acceptors (Lipinski definition) is 4. The lowest BCUT2D eigenvalue weighted by Crippen LogP contribution is -1.94. The average Bonchev–Trinajstić information content (AvgIpc) is 2.38. The molecule has 0 fully saturated rings. The second-order valence-corrected chi connectivity index (χ2v) is 3.05. The lowest BCUT2D eigenvalue weighted by atomic mass is 10.1. The molecule has 2 heterocycles. The van der Waals surface area contributed by atoms with Gasteiger partial charge in [0, 0.05) is 35.9 Å². The van der Waals surface area contributed by atoms with E-state index in [-0.39, 0.29) is 37.2 Å². The summed E-state index contributed by atoms with van der Waals surface area (Å²) in [6.07, 6.45) is 8.42. The molecule has 4 nitrogen and oxygen atoms in total. The monoisotopic (exact) mass is 318 g/mol. The van der Waals surface area contributed by atoms with E-state index in [0.29, 0.717) is 6.54 Å². The molecule has 7 heteroatoms. The molecule has 0 radical (unpaired) electrons. The highest BCUT2D eigenvalue weighted by Gasteiger charge is 2.02. The fraction of sp³-hybridized carbons (Fsp3) is 0.0833. The third-order valence-corrected chi connectivity index (χ3v) is 2.02. The summed E-state index contributed by atoms with van der Waals surface area (Å²) in [6.45, 7) is 0.333. The number of nitrogens with two attached hydrogens (primary N) is 1. The summed E-state index contributed by atoms with van der Waals surface area (Å²) in [5.41, 5.74) is 8.07. The van der Waals surface area contributed by atoms with Crippen molar-refractivity contribution in [3.63, 3.8) is 0 Å². The van der Waals surface area contributed by atoms with Crippen LogP contribution >= 0.6 is 37.2 Å². The standard InChI is InChI=1S/C12H10N4.3ClH/c13-4-1-2-10-6-14-5-3-12(10)11-7-15-9-16-8-11;;;/h3,5-9H,4,13H2;3*1H. The van der Waals surface area contributed by atoms with Crippen molar-refractivity contribution in [3.8, 4) is 23.0 Å². The van der Waals surface area contributed by atoms with Gasteiger partial charge in [0.1, 0.15) is 6.33 Å². The molecule has 2 aromatic rings. The van der Waals surface area contributed by atoms with Gasteiger partial charge in [-0.05, 0) is 6.07 Å². The number of aromatic nitrogens is 3. The molecule has 0 amide bonds. The summed E-state index contributed by atoms with van der Waals surface area (Å²) in [6, 6.07) is 1.89. The predicted molar refractivity (Wildman–Crippen MR) is 82.9 cm³/mol. The number of nitrogens with zero attached hydrogens (tertiary/aromatic N) is 3. The second-order valence-electron chi connectivity index (χ2n) is 3.05. The maximum Gasteiger partial charge on any atom is 0.115 e. The van der Waals surface area contributed by atoms with Crippen molar-refractivity contribution < 1.29 is 0 Å². The van der Waals surface area contributed by atoms with Crippen LogP contribution in [0.3, 0.4) is 0 Å². The summed E-state index contributed by atoms with van der Waals surface area (Å²) >= 11 is 0. The van der Waals surface area contributed by atoms with E-state index in [1.807, 2.05) is 6.07 Å². The zero-order valence-corrected chi connectivity index (χ0v) is 12.3. The summed E-state index contributed by atoms with van der Waals surface area (Å²) in [5, 5.41) is 0. The number of halogens is 3. The second kappa shape index (κ2) is 10.5. The van der Waals surface area contributed by atoms with Gasteiger partial charge in [0.05, 0.1) is 12.1 Å². The smallest absolute Gasteiger partial charge is 0.115 e. The van der Waals surface area contributed by atoms with Crippen LogP contribution in [0.2, 0.25) is 0 Å². The average molecular weight is 320 g/mol. The van der Waals surface area contributed by atoms with E-state index in [4.69, 9.17) is 5.73 Å². The SMILES string of the molecule is Cl.Cl.Cl.NCC#Cc1cnccc1-c1cncnc1. The highest BCUT2D eigenvalue weighted by molar-refractivity contribution is 5.86. The van der Waals surface area contributed by atoms with Crippen molar-refractivity contribution in [3.05, 3.63) is 42.7 Å². The fourth-order valence-electron chi connectivity index (χ4n) is 1.33. The van der Waals surface area contributed by atoms with Crippen molar-refractivity contribution in [2.45, 2.75) is 0 Å². The lowest BCUT2D eigenvalue weighted by molar-refractivity contribution is 1.17. The summed E-state index contributed by atoms with van der Waals surface area (Å²) in [5.74, 6) is 5.79. The number of hydrogen-bond donors (Lipinski definition) is 1. The minimum absolute atomic E-state index is 0. The van der Waals surface area contributed by atoms with Crippen molar-refractivity contribution >= 4 is 37.2 Å². The van der Waals surface area contributed by atoms with Crippen LogP contribution in [0.25, 0.3) is 11.1 Å². The van der Waals surface area contributed by atoms with Crippen LogP contribution in [-0.2, 0) is 0 Å². The molecule has 0 aliphatic rings. The van der Waals surface area contributed by atoms with Gasteiger partial charge in [-0.1, -0.05) is 11.8 Å². The van der Waals surface area contributed by atoms with E-state index in [2.05, 4.69) is 26.8 Å². The maximum absolute atomic E-state index is 5.35. The van der Waals surface area contributed by atoms with Crippen LogP contribution in [0.5, 0.6) is 0 Å². The first-order valence-electron chi connectivity index (χ1n) is 4.80. The van der Waals surface area contributed by atoms with Gasteiger partial charge in [-0.15, -0.1) is 37.2 Å². The van der Waals surface area contributed by atoms with Crippen LogP contribution in [-0.4, -0.2) is 21.5 Å². The van der Waals surface area contributed by atoms with Gasteiger partial charge in [-0.25, -0.2) is 9.97 Å². The maximum atomic E-state index is 5.35. The molecule has 2 aromatic heterocycles. The van der Waals surface area contributed by atoms with Crippen molar-refractivity contribution in [1.29, 1.82) is 0 Å². The first-order chi connectivity index (χ1) is 7.92. The molecule has 0 aliphatic heterocycles. The molecule has 0 saturated heterocycles. The van der Waals surface area contributed by atoms with E-state index < -0.39 is 0 Å². The third kappa shape index (κ3) is 5.41. The lowest BCUT2D eigenvalue weighted by Gasteiger charge is -2.02. The normalized spacial score (nSPS) is 7.84. The molecule has 2 rings (SSSR count). The van der Waals surface area contributed by atoms with Gasteiger partial charge in [0.25, 0.3) is 0 Å². The Labute approximate surface area is 130 Å². The molecule has 19 heavy (non-hydrogen) atoms. The Balaban J connectivity index is 0. The Morgan fingerprint density at radius 2 is 1.68 bits per heavy atom. The molecule has 0 bridgehead atoms. The highest BCUT2D eigenvalue weighted by atomic mass is 35.5.